The average Bonchev–Trinajstić information content (AvgIpc) is 2.88. The van der Waals surface area contributed by atoms with E-state index >= 15 is 0 Å². The molecule has 0 fully saturated rings. The van der Waals surface area contributed by atoms with Crippen molar-refractivity contribution in [2.75, 3.05) is 0 Å². The first-order valence-corrected chi connectivity index (χ1v) is 7.57. The molecule has 2 aromatic rings. The molecule has 122 valence electrons. The first kappa shape index (κ1) is 17.1. The van der Waals surface area contributed by atoms with Gasteiger partial charge in [0.05, 0.1) is 5.56 Å². The average molecular weight is 336 g/mol. The number of furan rings is 1. The molecule has 1 aromatic heterocycles. The lowest BCUT2D eigenvalue weighted by Gasteiger charge is -2.14. The summed E-state index contributed by atoms with van der Waals surface area (Å²) in [5.74, 6) is -0.342. The Hall–Kier alpha value is -2.27. The van der Waals surface area contributed by atoms with E-state index in [1.54, 1.807) is 37.3 Å². The van der Waals surface area contributed by atoms with Crippen LogP contribution in [0.15, 0.2) is 34.7 Å². The molecule has 0 aliphatic carbocycles. The fraction of sp³-hybridized carbons (Fsp3) is 0.294. The highest BCUT2D eigenvalue weighted by Gasteiger charge is 2.25. The number of carboxylic acids is 1. The zero-order chi connectivity index (χ0) is 17.1. The largest absolute Gasteiger partial charge is 0.479 e. The molecular weight excluding hydrogens is 318 g/mol. The summed E-state index contributed by atoms with van der Waals surface area (Å²) in [6.45, 7) is 5.58. The normalized spacial score (nSPS) is 12.2. The number of amides is 1. The predicted octanol–water partition coefficient (Wildman–Crippen LogP) is 3.92. The van der Waals surface area contributed by atoms with Crippen molar-refractivity contribution in [2.45, 2.75) is 32.7 Å². The van der Waals surface area contributed by atoms with Crippen molar-refractivity contribution in [3.63, 3.8) is 0 Å². The maximum atomic E-state index is 12.4. The van der Waals surface area contributed by atoms with Crippen molar-refractivity contribution in [3.05, 3.63) is 58.0 Å². The summed E-state index contributed by atoms with van der Waals surface area (Å²) in [4.78, 5) is 23.9. The molecule has 5 nitrogen and oxygen atoms in total. The van der Waals surface area contributed by atoms with E-state index in [0.29, 0.717) is 27.7 Å². The fourth-order valence-corrected chi connectivity index (χ4v) is 2.29. The molecule has 0 aliphatic rings. The van der Waals surface area contributed by atoms with E-state index in [4.69, 9.17) is 16.0 Å². The van der Waals surface area contributed by atoms with E-state index in [-0.39, 0.29) is 5.92 Å². The summed E-state index contributed by atoms with van der Waals surface area (Å²) in [7, 11) is 0. The lowest BCUT2D eigenvalue weighted by atomic mass is 10.1. The Morgan fingerprint density at radius 2 is 1.83 bits per heavy atom. The third-order valence-electron chi connectivity index (χ3n) is 3.48. The molecule has 0 spiro atoms. The zero-order valence-corrected chi connectivity index (χ0v) is 13.8. The minimum absolute atomic E-state index is 0.141. The third kappa shape index (κ3) is 3.93. The maximum Gasteiger partial charge on any atom is 0.330 e. The van der Waals surface area contributed by atoms with Gasteiger partial charge < -0.3 is 14.8 Å². The highest BCUT2D eigenvalue weighted by Crippen LogP contribution is 2.23. The molecule has 1 atom stereocenters. The number of rotatable bonds is 5. The summed E-state index contributed by atoms with van der Waals surface area (Å²) in [6, 6.07) is 6.80. The van der Waals surface area contributed by atoms with Gasteiger partial charge in [-0.3, -0.25) is 4.79 Å². The second-order valence-electron chi connectivity index (χ2n) is 5.57. The topological polar surface area (TPSA) is 79.5 Å². The van der Waals surface area contributed by atoms with Crippen molar-refractivity contribution < 1.29 is 19.1 Å². The van der Waals surface area contributed by atoms with Crippen LogP contribution < -0.4 is 5.32 Å². The molecule has 1 heterocycles. The van der Waals surface area contributed by atoms with Crippen molar-refractivity contribution in [1.29, 1.82) is 0 Å². The van der Waals surface area contributed by atoms with Crippen LogP contribution in [0.4, 0.5) is 0 Å². The molecule has 6 heteroatoms. The second kappa shape index (κ2) is 6.87. The van der Waals surface area contributed by atoms with Crippen molar-refractivity contribution in [2.24, 2.45) is 0 Å². The van der Waals surface area contributed by atoms with E-state index in [2.05, 4.69) is 5.32 Å². The van der Waals surface area contributed by atoms with Gasteiger partial charge in [0.2, 0.25) is 0 Å². The van der Waals surface area contributed by atoms with Gasteiger partial charge in [-0.1, -0.05) is 37.6 Å². The van der Waals surface area contributed by atoms with Crippen LogP contribution in [0.2, 0.25) is 5.02 Å². The first-order valence-electron chi connectivity index (χ1n) is 7.19. The molecule has 0 saturated carbocycles. The second-order valence-corrected chi connectivity index (χ2v) is 6.01. The SMILES string of the molecule is Cc1oc(C(C)C)cc1C(=O)NC(C(=O)O)c1ccc(Cl)cc1. The van der Waals surface area contributed by atoms with Gasteiger partial charge in [0.25, 0.3) is 5.91 Å². The van der Waals surface area contributed by atoms with Crippen molar-refractivity contribution >= 4 is 23.5 Å². The van der Waals surface area contributed by atoms with E-state index in [0.717, 1.165) is 0 Å². The summed E-state index contributed by atoms with van der Waals surface area (Å²) in [5.41, 5.74) is 0.786. The van der Waals surface area contributed by atoms with Crippen LogP contribution in [-0.2, 0) is 4.79 Å². The van der Waals surface area contributed by atoms with Crippen LogP contribution in [0.25, 0.3) is 0 Å². The number of carbonyl (C=O) groups is 2. The minimum Gasteiger partial charge on any atom is -0.479 e. The van der Waals surface area contributed by atoms with Crippen molar-refractivity contribution in [3.8, 4) is 0 Å². The number of nitrogens with one attached hydrogen (secondary N) is 1. The quantitative estimate of drug-likeness (QED) is 0.867. The third-order valence-corrected chi connectivity index (χ3v) is 3.73. The van der Waals surface area contributed by atoms with Gasteiger partial charge in [-0.05, 0) is 30.7 Å². The van der Waals surface area contributed by atoms with Crippen LogP contribution in [0.1, 0.15) is 53.2 Å². The number of halogens is 1. The maximum absolute atomic E-state index is 12.4. The number of aliphatic carboxylic acids is 1. The van der Waals surface area contributed by atoms with Crippen LogP contribution in [0.5, 0.6) is 0 Å². The van der Waals surface area contributed by atoms with E-state index in [1.807, 2.05) is 13.8 Å². The molecule has 23 heavy (non-hydrogen) atoms. The zero-order valence-electron chi connectivity index (χ0n) is 13.1. The molecule has 0 bridgehead atoms. The van der Waals surface area contributed by atoms with Crippen LogP contribution >= 0.6 is 11.6 Å². The molecule has 0 radical (unpaired) electrons. The first-order chi connectivity index (χ1) is 10.8. The van der Waals surface area contributed by atoms with Gasteiger partial charge in [-0.25, -0.2) is 4.79 Å². The minimum atomic E-state index is -1.16. The number of aryl methyl sites for hydroxylation is 1. The monoisotopic (exact) mass is 335 g/mol. The summed E-state index contributed by atoms with van der Waals surface area (Å²) in [5, 5.41) is 12.4. The Bertz CT molecular complexity index is 719. The lowest BCUT2D eigenvalue weighted by Crippen LogP contribution is -2.33. The Labute approximate surface area is 139 Å². The molecule has 1 amide bonds. The molecule has 2 N–H and O–H groups in total. The summed E-state index contributed by atoms with van der Waals surface area (Å²) in [6.07, 6.45) is 0. The lowest BCUT2D eigenvalue weighted by molar-refractivity contribution is -0.139. The number of carbonyl (C=O) groups excluding carboxylic acids is 1. The number of carboxylic acid groups (broad SMARTS) is 1. The Balaban J connectivity index is 2.25. The number of hydrogen-bond donors (Lipinski definition) is 2. The Morgan fingerprint density at radius 1 is 1.22 bits per heavy atom. The highest BCUT2D eigenvalue weighted by molar-refractivity contribution is 6.30. The smallest absolute Gasteiger partial charge is 0.330 e. The van der Waals surface area contributed by atoms with Gasteiger partial charge in [0, 0.05) is 10.9 Å². The van der Waals surface area contributed by atoms with Crippen LogP contribution in [0, 0.1) is 6.92 Å². The van der Waals surface area contributed by atoms with Crippen molar-refractivity contribution in [1.82, 2.24) is 5.32 Å². The standard InChI is InChI=1S/C17H18ClNO4/c1-9(2)14-8-13(10(3)23-14)16(20)19-15(17(21)22)11-4-6-12(18)7-5-11/h4-9,15H,1-3H3,(H,19,20)(H,21,22). The number of hydrogen-bond acceptors (Lipinski definition) is 3. The number of benzene rings is 1. The van der Waals surface area contributed by atoms with E-state index < -0.39 is 17.9 Å². The van der Waals surface area contributed by atoms with Gasteiger partial charge in [-0.2, -0.15) is 0 Å². The summed E-state index contributed by atoms with van der Waals surface area (Å²) >= 11 is 5.80. The fourth-order valence-electron chi connectivity index (χ4n) is 2.17. The van der Waals surface area contributed by atoms with Gasteiger partial charge >= 0.3 is 5.97 Å². The molecule has 2 rings (SSSR count). The predicted molar refractivity (Wildman–Crippen MR) is 86.8 cm³/mol. The molecule has 1 unspecified atom stereocenters. The van der Waals surface area contributed by atoms with E-state index in [1.165, 1.54) is 0 Å². The Morgan fingerprint density at radius 3 is 2.30 bits per heavy atom. The Kier molecular flexibility index (Phi) is 5.11. The van der Waals surface area contributed by atoms with Crippen LogP contribution in [0.3, 0.4) is 0 Å². The van der Waals surface area contributed by atoms with Gasteiger partial charge in [0.15, 0.2) is 6.04 Å². The van der Waals surface area contributed by atoms with Gasteiger partial charge in [-0.15, -0.1) is 0 Å². The molecule has 0 saturated heterocycles. The molecule has 0 aliphatic heterocycles. The molecule has 1 aromatic carbocycles. The van der Waals surface area contributed by atoms with E-state index in [9.17, 15) is 14.7 Å². The highest BCUT2D eigenvalue weighted by atomic mass is 35.5. The van der Waals surface area contributed by atoms with Gasteiger partial charge in [0.1, 0.15) is 11.5 Å². The van der Waals surface area contributed by atoms with Crippen LogP contribution in [-0.4, -0.2) is 17.0 Å². The summed E-state index contributed by atoms with van der Waals surface area (Å²) < 4.78 is 5.53. The molecular formula is C17H18ClNO4.